The van der Waals surface area contributed by atoms with Crippen LogP contribution in [0.5, 0.6) is 5.75 Å². The second-order valence-corrected chi connectivity index (χ2v) is 8.57. The number of benzene rings is 2. The quantitative estimate of drug-likeness (QED) is 0.333. The van der Waals surface area contributed by atoms with Gasteiger partial charge in [0.1, 0.15) is 18.1 Å². The molecule has 2 N–H and O–H groups in total. The fourth-order valence-corrected chi connectivity index (χ4v) is 3.59. The van der Waals surface area contributed by atoms with E-state index in [0.717, 1.165) is 5.56 Å². The number of aromatic nitrogens is 3. The molecule has 0 spiro atoms. The number of aliphatic hydroxyl groups is 2. The third-order valence-corrected chi connectivity index (χ3v) is 5.38. The van der Waals surface area contributed by atoms with Crippen LogP contribution in [0.1, 0.15) is 48.7 Å². The van der Waals surface area contributed by atoms with Crippen LogP contribution in [0.2, 0.25) is 0 Å². The Morgan fingerprint density at radius 3 is 2.44 bits per heavy atom. The number of rotatable bonds is 11. The summed E-state index contributed by atoms with van der Waals surface area (Å²) in [6, 6.07) is 14.6. The van der Waals surface area contributed by atoms with E-state index in [0.29, 0.717) is 29.0 Å². The maximum atomic E-state index is 12.6. The largest absolute Gasteiger partial charge is 0.487 e. The highest BCUT2D eigenvalue weighted by molar-refractivity contribution is 5.76. The summed E-state index contributed by atoms with van der Waals surface area (Å²) in [6.45, 7) is 3.40. The van der Waals surface area contributed by atoms with Gasteiger partial charge in [0, 0.05) is 0 Å². The van der Waals surface area contributed by atoms with E-state index in [9.17, 15) is 15.0 Å². The van der Waals surface area contributed by atoms with Gasteiger partial charge in [-0.3, -0.25) is 4.79 Å². The lowest BCUT2D eigenvalue weighted by Gasteiger charge is -2.28. The molecule has 0 aliphatic carbocycles. The fraction of sp³-hybridized carbons (Fsp3) is 0.346. The SMILES string of the molecule is C#CCOC(=O)C(C)(C)CC(c1ccccc1)n1cc(COc2cc(CO)cc(CO)c2)nn1. The zero-order valence-electron chi connectivity index (χ0n) is 19.3. The van der Waals surface area contributed by atoms with Crippen molar-refractivity contribution in [2.75, 3.05) is 6.61 Å². The minimum Gasteiger partial charge on any atom is -0.487 e. The van der Waals surface area contributed by atoms with Gasteiger partial charge in [-0.15, -0.1) is 11.5 Å². The number of terminal acetylenes is 1. The van der Waals surface area contributed by atoms with Crippen LogP contribution in [-0.4, -0.2) is 37.8 Å². The lowest BCUT2D eigenvalue weighted by molar-refractivity contribution is -0.153. The summed E-state index contributed by atoms with van der Waals surface area (Å²) in [4.78, 5) is 12.6. The lowest BCUT2D eigenvalue weighted by atomic mass is 9.83. The van der Waals surface area contributed by atoms with Crippen molar-refractivity contribution >= 4 is 5.97 Å². The molecule has 0 aliphatic rings. The fourth-order valence-electron chi connectivity index (χ4n) is 3.59. The van der Waals surface area contributed by atoms with Crippen LogP contribution < -0.4 is 4.74 Å². The molecule has 178 valence electrons. The van der Waals surface area contributed by atoms with Gasteiger partial charge in [0.15, 0.2) is 6.61 Å². The predicted octanol–water partition coefficient (Wildman–Crippen LogP) is 3.02. The molecule has 8 nitrogen and oxygen atoms in total. The number of carbonyl (C=O) groups excluding carboxylic acids is 1. The van der Waals surface area contributed by atoms with Gasteiger partial charge in [-0.25, -0.2) is 4.68 Å². The number of hydrogen-bond donors (Lipinski definition) is 2. The molecule has 2 aromatic carbocycles. The van der Waals surface area contributed by atoms with E-state index >= 15 is 0 Å². The van der Waals surface area contributed by atoms with E-state index in [-0.39, 0.29) is 38.4 Å². The molecule has 1 heterocycles. The van der Waals surface area contributed by atoms with Crippen molar-refractivity contribution in [1.82, 2.24) is 15.0 Å². The summed E-state index contributed by atoms with van der Waals surface area (Å²) in [5, 5.41) is 27.4. The van der Waals surface area contributed by atoms with Gasteiger partial charge in [-0.1, -0.05) is 47.5 Å². The molecule has 1 aromatic heterocycles. The van der Waals surface area contributed by atoms with Crippen LogP contribution in [0.25, 0.3) is 0 Å². The van der Waals surface area contributed by atoms with Gasteiger partial charge in [-0.05, 0) is 49.1 Å². The summed E-state index contributed by atoms with van der Waals surface area (Å²) in [6.07, 6.45) is 7.42. The van der Waals surface area contributed by atoms with Gasteiger partial charge >= 0.3 is 5.97 Å². The first-order valence-electron chi connectivity index (χ1n) is 10.9. The highest BCUT2D eigenvalue weighted by atomic mass is 16.5. The number of aliphatic hydroxyl groups excluding tert-OH is 2. The second kappa shape index (κ2) is 11.5. The third-order valence-electron chi connectivity index (χ3n) is 5.38. The molecular weight excluding hydrogens is 434 g/mol. The highest BCUT2D eigenvalue weighted by Crippen LogP contribution is 2.33. The first-order valence-corrected chi connectivity index (χ1v) is 10.9. The highest BCUT2D eigenvalue weighted by Gasteiger charge is 2.34. The van der Waals surface area contributed by atoms with E-state index < -0.39 is 5.41 Å². The predicted molar refractivity (Wildman–Crippen MR) is 125 cm³/mol. The van der Waals surface area contributed by atoms with Crippen molar-refractivity contribution in [2.24, 2.45) is 5.41 Å². The monoisotopic (exact) mass is 463 g/mol. The van der Waals surface area contributed by atoms with Crippen molar-refractivity contribution in [1.29, 1.82) is 0 Å². The summed E-state index contributed by atoms with van der Waals surface area (Å²) in [7, 11) is 0. The Bertz CT molecular complexity index is 1110. The molecule has 8 heteroatoms. The van der Waals surface area contributed by atoms with Crippen LogP contribution in [-0.2, 0) is 29.4 Å². The number of nitrogens with zero attached hydrogens (tertiary/aromatic N) is 3. The first kappa shape index (κ1) is 25.0. The molecule has 0 aliphatic heterocycles. The van der Waals surface area contributed by atoms with Gasteiger partial charge in [0.2, 0.25) is 0 Å². The van der Waals surface area contributed by atoms with Crippen molar-refractivity contribution in [2.45, 2.75) is 46.1 Å². The van der Waals surface area contributed by atoms with Crippen molar-refractivity contribution < 1.29 is 24.5 Å². The summed E-state index contributed by atoms with van der Waals surface area (Å²) < 4.78 is 12.7. The van der Waals surface area contributed by atoms with Crippen LogP contribution in [0, 0.1) is 17.8 Å². The molecule has 3 aromatic rings. The average molecular weight is 464 g/mol. The molecule has 0 saturated heterocycles. The van der Waals surface area contributed by atoms with Crippen molar-refractivity contribution in [3.05, 3.63) is 77.1 Å². The molecule has 0 radical (unpaired) electrons. The standard InChI is InChI=1S/C26H29N3O5/c1-4-10-33-25(32)26(2,3)14-24(21-8-6-5-7-9-21)29-15-22(27-28-29)18-34-23-12-19(16-30)11-20(13-23)17-31/h1,5-9,11-13,15,24,30-31H,10,14,16-18H2,2-3H3. The summed E-state index contributed by atoms with van der Waals surface area (Å²) >= 11 is 0. The average Bonchev–Trinajstić information content (AvgIpc) is 3.33. The molecular formula is C26H29N3O5. The number of hydrogen-bond acceptors (Lipinski definition) is 7. The zero-order valence-corrected chi connectivity index (χ0v) is 19.3. The molecule has 34 heavy (non-hydrogen) atoms. The molecule has 1 unspecified atom stereocenters. The normalized spacial score (nSPS) is 12.1. The smallest absolute Gasteiger partial charge is 0.312 e. The van der Waals surface area contributed by atoms with Crippen LogP contribution in [0.15, 0.2) is 54.7 Å². The van der Waals surface area contributed by atoms with Gasteiger partial charge in [0.05, 0.1) is 30.9 Å². The Kier molecular flexibility index (Phi) is 8.41. The Balaban J connectivity index is 1.79. The van der Waals surface area contributed by atoms with Gasteiger partial charge in [-0.2, -0.15) is 0 Å². The molecule has 0 fully saturated rings. The second-order valence-electron chi connectivity index (χ2n) is 8.57. The van der Waals surface area contributed by atoms with Gasteiger partial charge < -0.3 is 19.7 Å². The van der Waals surface area contributed by atoms with Gasteiger partial charge in [0.25, 0.3) is 0 Å². The maximum Gasteiger partial charge on any atom is 0.312 e. The zero-order chi connectivity index (χ0) is 24.6. The molecule has 0 bridgehead atoms. The lowest BCUT2D eigenvalue weighted by Crippen LogP contribution is -2.31. The van der Waals surface area contributed by atoms with E-state index in [1.807, 2.05) is 44.2 Å². The minimum atomic E-state index is -0.814. The number of esters is 1. The first-order chi connectivity index (χ1) is 16.4. The molecule has 0 saturated carbocycles. The van der Waals surface area contributed by atoms with E-state index in [4.69, 9.17) is 15.9 Å². The number of ether oxygens (including phenoxy) is 2. The molecule has 1 atom stereocenters. The van der Waals surface area contributed by atoms with E-state index in [1.54, 1.807) is 29.1 Å². The third kappa shape index (κ3) is 6.44. The van der Waals surface area contributed by atoms with Crippen molar-refractivity contribution in [3.63, 3.8) is 0 Å². The summed E-state index contributed by atoms with van der Waals surface area (Å²) in [5.74, 6) is 2.46. The molecule has 0 amide bonds. The Morgan fingerprint density at radius 2 is 1.82 bits per heavy atom. The van der Waals surface area contributed by atoms with Crippen LogP contribution in [0.3, 0.4) is 0 Å². The Labute approximate surface area is 199 Å². The van der Waals surface area contributed by atoms with Crippen molar-refractivity contribution in [3.8, 4) is 18.1 Å². The van der Waals surface area contributed by atoms with Crippen LogP contribution >= 0.6 is 0 Å². The van der Waals surface area contributed by atoms with E-state index in [2.05, 4.69) is 16.2 Å². The Hall–Kier alpha value is -3.67. The summed E-state index contributed by atoms with van der Waals surface area (Å²) in [5.41, 5.74) is 2.04. The number of carbonyl (C=O) groups is 1. The molecule has 3 rings (SSSR count). The Morgan fingerprint density at radius 1 is 1.15 bits per heavy atom. The maximum absolute atomic E-state index is 12.6. The topological polar surface area (TPSA) is 107 Å². The van der Waals surface area contributed by atoms with E-state index in [1.165, 1.54) is 0 Å². The van der Waals surface area contributed by atoms with Crippen LogP contribution in [0.4, 0.5) is 0 Å². The minimum absolute atomic E-state index is 0.0709.